The second-order valence-electron chi connectivity index (χ2n) is 22.3. The Morgan fingerprint density at radius 3 is 1.64 bits per heavy atom. The van der Waals surface area contributed by atoms with E-state index < -0.39 is 153 Å². The quantitative estimate of drug-likeness (QED) is 0.0355. The van der Waals surface area contributed by atoms with Crippen molar-refractivity contribution in [2.45, 2.75) is 159 Å². The molecule has 0 N–H and O–H groups in total. The van der Waals surface area contributed by atoms with Crippen molar-refractivity contribution in [3.8, 4) is 11.5 Å². The summed E-state index contributed by atoms with van der Waals surface area (Å²) in [6.45, 7) is 4.24. The van der Waals surface area contributed by atoms with Gasteiger partial charge in [-0.3, -0.25) is 38.5 Å². The van der Waals surface area contributed by atoms with E-state index in [1.807, 2.05) is 36.4 Å². The summed E-state index contributed by atoms with van der Waals surface area (Å²) < 4.78 is 103. The van der Waals surface area contributed by atoms with E-state index in [-0.39, 0.29) is 55.5 Å². The Labute approximate surface area is 529 Å². The van der Waals surface area contributed by atoms with Gasteiger partial charge in [0.2, 0.25) is 6.29 Å². The van der Waals surface area contributed by atoms with Crippen LogP contribution in [0.15, 0.2) is 140 Å². The molecule has 92 heavy (non-hydrogen) atoms. The van der Waals surface area contributed by atoms with E-state index >= 15 is 9.59 Å². The molecule has 10 rings (SSSR count). The molecule has 5 aliphatic heterocycles. The van der Waals surface area contributed by atoms with Gasteiger partial charge >= 0.3 is 29.8 Å². The molecule has 5 aromatic rings. The molecule has 16 unspecified atom stereocenters. The van der Waals surface area contributed by atoms with Crippen molar-refractivity contribution in [3.63, 3.8) is 0 Å². The average Bonchev–Trinajstić information content (AvgIpc) is 1.31. The number of nitrogens with zero attached hydrogens (tertiary/aromatic N) is 1. The fourth-order valence-electron chi connectivity index (χ4n) is 11.5. The molecule has 488 valence electrons. The molecule has 5 aliphatic rings. The van der Waals surface area contributed by atoms with Crippen molar-refractivity contribution >= 4 is 47.4 Å². The minimum absolute atomic E-state index is 0.0397. The summed E-state index contributed by atoms with van der Waals surface area (Å²) in [6, 6.07) is 38.3. The fourth-order valence-corrected chi connectivity index (χ4v) is 11.5. The number of methoxy groups -OCH3 is 1. The Kier molecular flexibility index (Phi) is 22.2. The van der Waals surface area contributed by atoms with Crippen molar-refractivity contribution in [1.82, 2.24) is 4.90 Å². The summed E-state index contributed by atoms with van der Waals surface area (Å²) in [7, 11) is 1.50. The van der Waals surface area contributed by atoms with Crippen LogP contribution in [0.2, 0.25) is 0 Å². The summed E-state index contributed by atoms with van der Waals surface area (Å²) in [5, 5.41) is 0. The normalized spacial score (nSPS) is 28.3. The van der Waals surface area contributed by atoms with Crippen molar-refractivity contribution < 1.29 is 114 Å². The second-order valence-corrected chi connectivity index (χ2v) is 22.3. The van der Waals surface area contributed by atoms with Gasteiger partial charge in [-0.25, -0.2) is 0 Å². The smallest absolute Gasteiger partial charge is 0.306 e. The van der Waals surface area contributed by atoms with Crippen LogP contribution >= 0.6 is 0 Å². The minimum Gasteiger partial charge on any atom is -0.497 e. The van der Waals surface area contributed by atoms with Gasteiger partial charge in [-0.15, -0.1) is 0 Å². The van der Waals surface area contributed by atoms with Crippen LogP contribution in [0.1, 0.15) is 91.2 Å². The Morgan fingerprint density at radius 1 is 0.500 bits per heavy atom. The van der Waals surface area contributed by atoms with Gasteiger partial charge in [-0.1, -0.05) is 103 Å². The van der Waals surface area contributed by atoms with E-state index in [9.17, 15) is 28.8 Å². The summed E-state index contributed by atoms with van der Waals surface area (Å²) in [6.07, 6.45) is -24.5. The molecule has 2 amide bonds. The SMILES string of the molecule is COc1ccc(OC2OC(COCc3ccccc3)C(OC3OC4COC(c5ccccc5)OC4C(OC4OC(COC(C)=O)C(OC(C)=O)C(OC(C)=O)C4OC(C)=O)C3OC(=O)CCC(C)=O)C(OCc3ccccc3)C2N2C(=O)c3ccccc3C2=O)cc1. The van der Waals surface area contributed by atoms with Crippen LogP contribution in [-0.2, 0) is 108 Å². The van der Waals surface area contributed by atoms with E-state index in [1.54, 1.807) is 91.0 Å². The lowest BCUT2D eigenvalue weighted by molar-refractivity contribution is -0.404. The van der Waals surface area contributed by atoms with Crippen molar-refractivity contribution in [3.05, 3.63) is 167 Å². The third-order valence-electron chi connectivity index (χ3n) is 15.6. The van der Waals surface area contributed by atoms with Gasteiger partial charge in [0.1, 0.15) is 72.7 Å². The first-order chi connectivity index (χ1) is 44.4. The number of amides is 2. The number of ether oxygens (including phenoxy) is 16. The molecule has 5 heterocycles. The molecule has 0 radical (unpaired) electrons. The molecule has 0 bridgehead atoms. The zero-order valence-corrected chi connectivity index (χ0v) is 51.2. The van der Waals surface area contributed by atoms with Crippen molar-refractivity contribution in [2.75, 3.05) is 26.9 Å². The molecule has 5 aromatic carbocycles. The molecular formula is C67H71NO24. The first-order valence-electron chi connectivity index (χ1n) is 29.9. The van der Waals surface area contributed by atoms with E-state index in [1.165, 1.54) is 26.2 Å². The maximum atomic E-state index is 15.0. The van der Waals surface area contributed by atoms with Gasteiger partial charge in [0.25, 0.3) is 11.8 Å². The van der Waals surface area contributed by atoms with E-state index in [2.05, 4.69) is 0 Å². The van der Waals surface area contributed by atoms with Crippen LogP contribution in [0.3, 0.4) is 0 Å². The second kappa shape index (κ2) is 30.7. The standard InChI is InChI=1S/C67H71NO24/c1-37(69)26-31-52(74)89-61-59(92-66-60(84-41(5)73)58(83-40(4)72)55(82-39(3)71)50(87-66)35-79-38(2)70)56-51(36-81-64(90-56)44-22-14-9-15-23-44)88-67(61)91-54-49(34-78-32-42-18-10-7-11-19-42)86-65(85-46-29-27-45(77-6)28-30-46)53(57(54)80-33-43-20-12-8-13-21-43)68-62(75)47-24-16-17-25-48(47)63(68)76/h7-25,27-30,49-51,53-61,64-67H,26,31-36H2,1-6H3. The minimum atomic E-state index is -1.92. The lowest BCUT2D eigenvalue weighted by atomic mass is 9.93. The number of esters is 5. The highest BCUT2D eigenvalue weighted by Gasteiger charge is 2.62. The largest absolute Gasteiger partial charge is 0.497 e. The summed E-state index contributed by atoms with van der Waals surface area (Å²) >= 11 is 0. The zero-order valence-electron chi connectivity index (χ0n) is 51.2. The van der Waals surface area contributed by atoms with Gasteiger partial charge in [0.15, 0.2) is 43.3 Å². The number of ketones is 1. The number of carbonyl (C=O) groups excluding carboxylic acids is 8. The van der Waals surface area contributed by atoms with Crippen LogP contribution in [0.4, 0.5) is 0 Å². The van der Waals surface area contributed by atoms with Gasteiger partial charge in [-0.2, -0.15) is 0 Å². The third kappa shape index (κ3) is 16.2. The first kappa shape index (κ1) is 66.4. The lowest BCUT2D eigenvalue weighted by Gasteiger charge is -2.53. The monoisotopic (exact) mass is 1270 g/mol. The number of rotatable bonds is 25. The van der Waals surface area contributed by atoms with Gasteiger partial charge < -0.3 is 80.6 Å². The highest BCUT2D eigenvalue weighted by atomic mass is 16.8. The fraction of sp³-hybridized carbons (Fsp3) is 0.433. The Balaban J connectivity index is 1.13. The van der Waals surface area contributed by atoms with E-state index in [0.717, 1.165) is 38.2 Å². The van der Waals surface area contributed by atoms with Crippen molar-refractivity contribution in [1.29, 1.82) is 0 Å². The predicted octanol–water partition coefficient (Wildman–Crippen LogP) is 6.24. The number of Topliss-reactive ketones (excluding diaryl/α,β-unsaturated/α-hetero) is 1. The Bertz CT molecular complexity index is 3340. The highest BCUT2D eigenvalue weighted by molar-refractivity contribution is 6.21. The van der Waals surface area contributed by atoms with Gasteiger partial charge in [0.05, 0.1) is 51.1 Å². The molecule has 0 saturated carbocycles. The summed E-state index contributed by atoms with van der Waals surface area (Å²) in [5.41, 5.74) is 2.13. The van der Waals surface area contributed by atoms with Crippen molar-refractivity contribution in [2.24, 2.45) is 0 Å². The Hall–Kier alpha value is -8.50. The molecule has 16 atom stereocenters. The summed E-state index contributed by atoms with van der Waals surface area (Å²) in [4.78, 5) is 110. The van der Waals surface area contributed by atoms with Crippen LogP contribution in [0, 0.1) is 0 Å². The molecule has 0 spiro atoms. The molecule has 25 nitrogen and oxygen atoms in total. The van der Waals surface area contributed by atoms with Crippen LogP contribution in [0.25, 0.3) is 0 Å². The number of fused-ring (bicyclic) bond motifs is 2. The van der Waals surface area contributed by atoms with Gasteiger partial charge in [0, 0.05) is 39.7 Å². The highest BCUT2D eigenvalue weighted by Crippen LogP contribution is 2.43. The maximum absolute atomic E-state index is 15.0. The molecule has 4 fully saturated rings. The summed E-state index contributed by atoms with van der Waals surface area (Å²) in [5.74, 6) is -5.59. The number of benzene rings is 5. The first-order valence-corrected chi connectivity index (χ1v) is 29.9. The lowest BCUT2D eigenvalue weighted by Crippen LogP contribution is -2.71. The number of hydrogen-bond donors (Lipinski definition) is 0. The van der Waals surface area contributed by atoms with E-state index in [0.29, 0.717) is 16.9 Å². The number of carbonyl (C=O) groups is 8. The molecule has 25 heteroatoms. The zero-order chi connectivity index (χ0) is 65.0. The number of hydrogen-bond acceptors (Lipinski definition) is 24. The predicted molar refractivity (Wildman–Crippen MR) is 314 cm³/mol. The average molecular weight is 1270 g/mol. The Morgan fingerprint density at radius 2 is 1.03 bits per heavy atom. The number of imide groups is 1. The van der Waals surface area contributed by atoms with Gasteiger partial charge in [-0.05, 0) is 54.4 Å². The molecule has 4 saturated heterocycles. The van der Waals surface area contributed by atoms with Crippen LogP contribution in [-0.4, -0.2) is 171 Å². The molecular weight excluding hydrogens is 1200 g/mol. The van der Waals surface area contributed by atoms with Crippen LogP contribution in [0.5, 0.6) is 11.5 Å². The van der Waals surface area contributed by atoms with Crippen LogP contribution < -0.4 is 9.47 Å². The molecule has 0 aliphatic carbocycles. The van der Waals surface area contributed by atoms with E-state index in [4.69, 9.17) is 75.8 Å². The molecule has 0 aromatic heterocycles. The third-order valence-corrected chi connectivity index (χ3v) is 15.6. The topological polar surface area (TPSA) is 287 Å². The maximum Gasteiger partial charge on any atom is 0.306 e.